The summed E-state index contributed by atoms with van der Waals surface area (Å²) in [5, 5.41) is 22.6. The van der Waals surface area contributed by atoms with Gasteiger partial charge in [0.15, 0.2) is 0 Å². The van der Waals surface area contributed by atoms with Crippen molar-refractivity contribution < 1.29 is 28.5 Å². The Morgan fingerprint density at radius 3 is 2.75 bits per heavy atom. The topological polar surface area (TPSA) is 102 Å². The van der Waals surface area contributed by atoms with Gasteiger partial charge in [-0.15, -0.1) is 0 Å². The van der Waals surface area contributed by atoms with Crippen LogP contribution in [0.15, 0.2) is 24.3 Å². The number of halogens is 2. The Morgan fingerprint density at radius 2 is 1.93 bits per heavy atom. The minimum atomic E-state index is -0.888. The highest BCUT2D eigenvalue weighted by atomic mass is 19.1. The maximum atomic E-state index is 15.0. The van der Waals surface area contributed by atoms with Crippen LogP contribution in [0, 0.1) is 5.82 Å². The third kappa shape index (κ3) is 4.94. The van der Waals surface area contributed by atoms with E-state index in [1.54, 1.807) is 12.1 Å². The number of benzene rings is 2. The number of amides is 1. The monoisotopic (exact) mass is 607 g/mol. The number of ether oxygens (including phenoxy) is 1. The molecule has 3 saturated heterocycles. The molecule has 3 fully saturated rings. The van der Waals surface area contributed by atoms with Gasteiger partial charge in [0.2, 0.25) is 0 Å². The number of hydrogen-bond acceptors (Lipinski definition) is 8. The molecule has 234 valence electrons. The number of aliphatic hydroxyl groups is 1. The molecule has 0 aliphatic carbocycles. The molecule has 0 bridgehead atoms. The highest BCUT2D eigenvalue weighted by molar-refractivity contribution is 6.16. The van der Waals surface area contributed by atoms with E-state index in [0.29, 0.717) is 90.8 Å². The molecule has 3 aromatic rings. The lowest BCUT2D eigenvalue weighted by atomic mass is 9.95. The van der Waals surface area contributed by atoms with Crippen molar-refractivity contribution in [2.24, 2.45) is 0 Å². The van der Waals surface area contributed by atoms with Crippen LogP contribution in [0.2, 0.25) is 0 Å². The molecule has 11 heteroatoms. The first-order chi connectivity index (χ1) is 21.1. The molecule has 2 N–H and O–H groups in total. The van der Waals surface area contributed by atoms with Gasteiger partial charge in [-0.2, -0.15) is 9.97 Å². The van der Waals surface area contributed by atoms with Gasteiger partial charge in [0.25, 0.3) is 5.91 Å². The molecule has 1 amide bonds. The maximum absolute atomic E-state index is 15.0. The van der Waals surface area contributed by atoms with Crippen LogP contribution >= 0.6 is 0 Å². The minimum absolute atomic E-state index is 0.0295. The molecule has 0 radical (unpaired) electrons. The first kappa shape index (κ1) is 29.2. The molecule has 44 heavy (non-hydrogen) atoms. The first-order valence-corrected chi connectivity index (χ1v) is 15.7. The second kappa shape index (κ2) is 10.8. The van der Waals surface area contributed by atoms with E-state index >= 15 is 0 Å². The number of aromatic hydroxyl groups is 1. The molecular weight excluding hydrogens is 568 g/mol. The van der Waals surface area contributed by atoms with Gasteiger partial charge in [0.05, 0.1) is 29.1 Å². The minimum Gasteiger partial charge on any atom is -0.508 e. The fourth-order valence-electron chi connectivity index (χ4n) is 7.81. The maximum Gasteiger partial charge on any atom is 0.318 e. The van der Waals surface area contributed by atoms with E-state index in [4.69, 9.17) is 14.7 Å². The van der Waals surface area contributed by atoms with Gasteiger partial charge in [0, 0.05) is 37.5 Å². The number of alkyl halides is 1. The third-order valence-corrected chi connectivity index (χ3v) is 10.1. The molecule has 1 aromatic heterocycles. The van der Waals surface area contributed by atoms with Crippen molar-refractivity contribution in [3.8, 4) is 11.8 Å². The summed E-state index contributed by atoms with van der Waals surface area (Å²) in [5.74, 6) is -0.297. The number of rotatable bonds is 6. The van der Waals surface area contributed by atoms with Crippen LogP contribution in [0.4, 0.5) is 20.3 Å². The Bertz CT molecular complexity index is 1630. The molecule has 4 aliphatic rings. The van der Waals surface area contributed by atoms with Crippen molar-refractivity contribution in [1.82, 2.24) is 14.9 Å². The summed E-state index contributed by atoms with van der Waals surface area (Å²) in [7, 11) is 0. The fraction of sp³-hybridized carbons (Fsp3) is 0.545. The second-order valence-electron chi connectivity index (χ2n) is 13.2. The van der Waals surface area contributed by atoms with Crippen LogP contribution in [0.1, 0.15) is 74.0 Å². The zero-order chi connectivity index (χ0) is 30.8. The number of aryl methyl sites for hydroxylation is 1. The van der Waals surface area contributed by atoms with Gasteiger partial charge in [-0.1, -0.05) is 13.0 Å². The highest BCUT2D eigenvalue weighted by Gasteiger charge is 2.49. The van der Waals surface area contributed by atoms with Crippen molar-refractivity contribution in [3.05, 3.63) is 46.9 Å². The van der Waals surface area contributed by atoms with E-state index < -0.39 is 11.8 Å². The molecule has 0 spiro atoms. The summed E-state index contributed by atoms with van der Waals surface area (Å²) in [5.41, 5.74) is 0.494. The predicted molar refractivity (Wildman–Crippen MR) is 163 cm³/mol. The molecular formula is C33H39F2N5O4. The summed E-state index contributed by atoms with van der Waals surface area (Å²) >= 11 is 0. The molecule has 2 aromatic carbocycles. The zero-order valence-electron chi connectivity index (χ0n) is 25.3. The number of fused-ring (bicyclic) bond motifs is 3. The van der Waals surface area contributed by atoms with E-state index in [-0.39, 0.29) is 42.2 Å². The van der Waals surface area contributed by atoms with Crippen LogP contribution in [0.25, 0.3) is 10.8 Å². The van der Waals surface area contributed by atoms with E-state index in [1.165, 1.54) is 17.0 Å². The standard InChI is InChI=1S/C33H39F2N5O4/c1-3-23-24(35)7-6-20-14-22(41)15-26(27(20)23)40-18-25-28(30(40)42)29(38-11-4-8-32(2,43)10-13-38)37-31(36-25)44-19-33-9-5-12-39(33)17-21(34)16-33/h6-7,14-15,21,41,43H,3-5,8-13,16-19H2,1-2H3. The molecule has 4 aliphatic heterocycles. The number of phenols is 1. The van der Waals surface area contributed by atoms with E-state index in [0.717, 1.165) is 19.4 Å². The van der Waals surface area contributed by atoms with Crippen molar-refractivity contribution in [3.63, 3.8) is 0 Å². The smallest absolute Gasteiger partial charge is 0.318 e. The number of phenolic OH excluding ortho intramolecular Hbond substituents is 1. The zero-order valence-corrected chi connectivity index (χ0v) is 25.3. The van der Waals surface area contributed by atoms with Crippen LogP contribution in [0.5, 0.6) is 11.8 Å². The van der Waals surface area contributed by atoms with E-state index in [1.807, 2.05) is 18.7 Å². The fourth-order valence-corrected chi connectivity index (χ4v) is 7.81. The highest BCUT2D eigenvalue weighted by Crippen LogP contribution is 2.43. The largest absolute Gasteiger partial charge is 0.508 e. The second-order valence-corrected chi connectivity index (χ2v) is 13.2. The number of nitrogens with zero attached hydrogens (tertiary/aromatic N) is 5. The molecule has 0 saturated carbocycles. The van der Waals surface area contributed by atoms with Crippen LogP contribution in [0.3, 0.4) is 0 Å². The Labute approximate surface area is 255 Å². The first-order valence-electron chi connectivity index (χ1n) is 15.7. The lowest BCUT2D eigenvalue weighted by Crippen LogP contribution is -2.43. The van der Waals surface area contributed by atoms with E-state index in [2.05, 4.69) is 4.90 Å². The summed E-state index contributed by atoms with van der Waals surface area (Å²) in [4.78, 5) is 29.5. The summed E-state index contributed by atoms with van der Waals surface area (Å²) in [6, 6.07) is 6.20. The number of carbonyl (C=O) groups is 1. The van der Waals surface area contributed by atoms with Crippen LogP contribution < -0.4 is 14.5 Å². The third-order valence-electron chi connectivity index (χ3n) is 10.1. The molecule has 3 unspecified atom stereocenters. The summed E-state index contributed by atoms with van der Waals surface area (Å²) in [6.07, 6.45) is 3.62. The molecule has 9 nitrogen and oxygen atoms in total. The van der Waals surface area contributed by atoms with Gasteiger partial charge < -0.3 is 24.7 Å². The quantitative estimate of drug-likeness (QED) is 0.409. The number of anilines is 2. The van der Waals surface area contributed by atoms with Crippen molar-refractivity contribution >= 4 is 28.2 Å². The number of hydrogen-bond donors (Lipinski definition) is 2. The normalized spacial score (nSPS) is 27.2. The predicted octanol–water partition coefficient (Wildman–Crippen LogP) is 4.89. The Morgan fingerprint density at radius 1 is 1.11 bits per heavy atom. The lowest BCUT2D eigenvalue weighted by Gasteiger charge is -2.31. The van der Waals surface area contributed by atoms with Crippen molar-refractivity contribution in [2.75, 3.05) is 42.6 Å². The Kier molecular flexibility index (Phi) is 7.16. The van der Waals surface area contributed by atoms with Gasteiger partial charge in [-0.3, -0.25) is 9.69 Å². The average molecular weight is 608 g/mol. The van der Waals surface area contributed by atoms with Gasteiger partial charge in [-0.25, -0.2) is 8.78 Å². The van der Waals surface area contributed by atoms with Crippen molar-refractivity contribution in [1.29, 1.82) is 0 Å². The molecule has 3 atom stereocenters. The SMILES string of the molecule is CCc1c(F)ccc2cc(O)cc(N3Cc4nc(OCC56CCCN5CC(F)C6)nc(N5CCCC(C)(O)CC5)c4C3=O)c12. The van der Waals surface area contributed by atoms with Gasteiger partial charge in [-0.05, 0) is 75.1 Å². The molecule has 7 rings (SSSR count). The Hall–Kier alpha value is -3.57. The molecule has 5 heterocycles. The van der Waals surface area contributed by atoms with Crippen molar-refractivity contribution in [2.45, 2.75) is 82.6 Å². The van der Waals surface area contributed by atoms with E-state index in [9.17, 15) is 23.8 Å². The lowest BCUT2D eigenvalue weighted by molar-refractivity contribution is 0.0481. The van der Waals surface area contributed by atoms with Crippen LogP contribution in [-0.2, 0) is 13.0 Å². The number of carbonyl (C=O) groups excluding carboxylic acids is 1. The number of aromatic nitrogens is 2. The average Bonchev–Trinajstić information content (AvgIpc) is 3.57. The summed E-state index contributed by atoms with van der Waals surface area (Å²) < 4.78 is 35.7. The summed E-state index contributed by atoms with van der Waals surface area (Å²) in [6.45, 7) is 6.37. The van der Waals surface area contributed by atoms with Gasteiger partial charge in [0.1, 0.15) is 35.7 Å². The van der Waals surface area contributed by atoms with Gasteiger partial charge >= 0.3 is 6.01 Å². The Balaban J connectivity index is 1.29. The van der Waals surface area contributed by atoms with Crippen LogP contribution in [-0.4, -0.2) is 81.1 Å².